The van der Waals surface area contributed by atoms with Crippen LogP contribution in [0.1, 0.15) is 6.42 Å². The molecule has 4 heteroatoms. The summed E-state index contributed by atoms with van der Waals surface area (Å²) in [6.45, 7) is 0.476. The minimum atomic E-state index is -0.166. The van der Waals surface area contributed by atoms with Crippen LogP contribution in [0, 0.1) is 0 Å². The van der Waals surface area contributed by atoms with Gasteiger partial charge in [-0.3, -0.25) is 9.79 Å². The lowest BCUT2D eigenvalue weighted by Gasteiger charge is -2.10. The molecule has 3 N–H and O–H groups in total. The van der Waals surface area contributed by atoms with Crippen LogP contribution >= 0.6 is 0 Å². The van der Waals surface area contributed by atoms with Crippen molar-refractivity contribution in [2.45, 2.75) is 6.42 Å². The van der Waals surface area contributed by atoms with Crippen molar-refractivity contribution in [1.82, 2.24) is 0 Å². The predicted molar refractivity (Wildman–Crippen MR) is 53.0 cm³/mol. The monoisotopic (exact) mass is 190 g/mol. The number of fused-ring (bicyclic) bond motifs is 1. The van der Waals surface area contributed by atoms with Gasteiger partial charge in [-0.05, 0) is 30.7 Å². The highest BCUT2D eigenvalue weighted by atomic mass is 16.3. The van der Waals surface area contributed by atoms with Crippen molar-refractivity contribution in [2.24, 2.45) is 10.7 Å². The Hall–Kier alpha value is -1.68. The largest absolute Gasteiger partial charge is 0.507 e. The SMILES string of the molecule is NCCC1=CN=C2C(=O)C=CC(O)=C12. The third kappa shape index (κ3) is 1.20. The first-order valence-corrected chi connectivity index (χ1v) is 4.37. The molecule has 4 nitrogen and oxygen atoms in total. The number of ketones is 1. The van der Waals surface area contributed by atoms with E-state index in [0.29, 0.717) is 24.3 Å². The summed E-state index contributed by atoms with van der Waals surface area (Å²) < 4.78 is 0. The van der Waals surface area contributed by atoms with E-state index in [0.717, 1.165) is 5.57 Å². The Balaban J connectivity index is 2.41. The van der Waals surface area contributed by atoms with E-state index in [2.05, 4.69) is 4.99 Å². The second-order valence-electron chi connectivity index (χ2n) is 3.13. The number of carbonyl (C=O) groups is 1. The molecule has 0 aromatic carbocycles. The zero-order valence-corrected chi connectivity index (χ0v) is 7.53. The molecule has 0 fully saturated rings. The fraction of sp³-hybridized carbons (Fsp3) is 0.200. The van der Waals surface area contributed by atoms with Crippen LogP contribution in [0.4, 0.5) is 0 Å². The molecular weight excluding hydrogens is 180 g/mol. The van der Waals surface area contributed by atoms with Crippen LogP contribution in [0.5, 0.6) is 0 Å². The maximum absolute atomic E-state index is 11.3. The zero-order valence-electron chi connectivity index (χ0n) is 7.53. The molecule has 0 bridgehead atoms. The summed E-state index contributed by atoms with van der Waals surface area (Å²) in [7, 11) is 0. The lowest BCUT2D eigenvalue weighted by molar-refractivity contribution is -0.108. The Kier molecular flexibility index (Phi) is 2.05. The summed E-state index contributed by atoms with van der Waals surface area (Å²) in [6.07, 6.45) is 4.93. The van der Waals surface area contributed by atoms with Crippen LogP contribution < -0.4 is 5.73 Å². The Bertz CT molecular complexity index is 414. The van der Waals surface area contributed by atoms with Crippen LogP contribution in [0.3, 0.4) is 0 Å². The maximum Gasteiger partial charge on any atom is 0.205 e. The minimum Gasteiger partial charge on any atom is -0.507 e. The van der Waals surface area contributed by atoms with Crippen molar-refractivity contribution in [3.63, 3.8) is 0 Å². The number of rotatable bonds is 2. The van der Waals surface area contributed by atoms with E-state index in [1.807, 2.05) is 0 Å². The number of nitrogens with two attached hydrogens (primary N) is 1. The fourth-order valence-electron chi connectivity index (χ4n) is 1.56. The molecule has 0 saturated heterocycles. The highest BCUT2D eigenvalue weighted by Crippen LogP contribution is 2.27. The summed E-state index contributed by atoms with van der Waals surface area (Å²) in [5, 5.41) is 9.57. The Morgan fingerprint density at radius 2 is 2.21 bits per heavy atom. The van der Waals surface area contributed by atoms with Gasteiger partial charge in [0.15, 0.2) is 0 Å². The van der Waals surface area contributed by atoms with Crippen LogP contribution in [0.25, 0.3) is 0 Å². The first kappa shape index (κ1) is 8.90. The van der Waals surface area contributed by atoms with Gasteiger partial charge in [0.2, 0.25) is 5.78 Å². The molecule has 0 aromatic rings. The maximum atomic E-state index is 11.3. The molecule has 0 atom stereocenters. The number of aliphatic imine (C=N–C) groups is 1. The average Bonchev–Trinajstić information content (AvgIpc) is 2.58. The molecule has 0 radical (unpaired) electrons. The number of allylic oxidation sites excluding steroid dienone is 3. The number of hydrogen-bond acceptors (Lipinski definition) is 4. The van der Waals surface area contributed by atoms with E-state index < -0.39 is 0 Å². The molecule has 1 heterocycles. The van der Waals surface area contributed by atoms with Gasteiger partial charge in [0, 0.05) is 6.20 Å². The van der Waals surface area contributed by atoms with E-state index in [1.54, 1.807) is 6.20 Å². The molecule has 0 amide bonds. The van der Waals surface area contributed by atoms with Gasteiger partial charge in [0.25, 0.3) is 0 Å². The summed E-state index contributed by atoms with van der Waals surface area (Å²) in [5.41, 5.74) is 7.11. The lowest BCUT2D eigenvalue weighted by atomic mass is 9.94. The number of nitrogens with zero attached hydrogens (tertiary/aromatic N) is 1. The van der Waals surface area contributed by atoms with Crippen molar-refractivity contribution in [1.29, 1.82) is 0 Å². The second kappa shape index (κ2) is 3.23. The van der Waals surface area contributed by atoms with Gasteiger partial charge in [0.1, 0.15) is 11.5 Å². The van der Waals surface area contributed by atoms with E-state index in [4.69, 9.17) is 5.73 Å². The Morgan fingerprint density at radius 3 is 2.93 bits per heavy atom. The van der Waals surface area contributed by atoms with Crippen molar-refractivity contribution < 1.29 is 9.90 Å². The van der Waals surface area contributed by atoms with Crippen LogP contribution in [0.15, 0.2) is 40.2 Å². The number of hydrogen-bond donors (Lipinski definition) is 2. The first-order valence-electron chi connectivity index (χ1n) is 4.37. The third-order valence-corrected chi connectivity index (χ3v) is 2.20. The normalized spacial score (nSPS) is 19.6. The predicted octanol–water partition coefficient (Wildman–Crippen LogP) is 0.625. The molecule has 1 aliphatic heterocycles. The summed E-state index contributed by atoms with van der Waals surface area (Å²) in [4.78, 5) is 15.3. The topological polar surface area (TPSA) is 75.7 Å². The average molecular weight is 190 g/mol. The van der Waals surface area contributed by atoms with Crippen molar-refractivity contribution in [3.05, 3.63) is 35.3 Å². The standard InChI is InChI=1S/C10H10N2O2/c11-4-3-6-5-12-10-8(14)2-1-7(13)9(6)10/h1-2,5,13H,3-4,11H2. The highest BCUT2D eigenvalue weighted by Gasteiger charge is 2.27. The number of aliphatic hydroxyl groups excluding tert-OH is 1. The van der Waals surface area contributed by atoms with Gasteiger partial charge in [-0.15, -0.1) is 0 Å². The molecular formula is C10H10N2O2. The van der Waals surface area contributed by atoms with Gasteiger partial charge in [-0.2, -0.15) is 0 Å². The first-order chi connectivity index (χ1) is 6.74. The van der Waals surface area contributed by atoms with Crippen LogP contribution in [-0.2, 0) is 4.79 Å². The van der Waals surface area contributed by atoms with E-state index >= 15 is 0 Å². The fourth-order valence-corrected chi connectivity index (χ4v) is 1.56. The molecule has 1 aliphatic carbocycles. The third-order valence-electron chi connectivity index (χ3n) is 2.20. The molecule has 0 aromatic heterocycles. The van der Waals surface area contributed by atoms with Crippen molar-refractivity contribution in [3.8, 4) is 0 Å². The summed E-state index contributed by atoms with van der Waals surface area (Å²) in [5.74, 6) is -0.0679. The van der Waals surface area contributed by atoms with Crippen molar-refractivity contribution in [2.75, 3.05) is 6.54 Å². The van der Waals surface area contributed by atoms with Crippen molar-refractivity contribution >= 4 is 11.5 Å². The molecule has 0 saturated carbocycles. The van der Waals surface area contributed by atoms with Gasteiger partial charge in [0.05, 0.1) is 5.57 Å². The molecule has 0 unspecified atom stereocenters. The molecule has 14 heavy (non-hydrogen) atoms. The number of carbonyl (C=O) groups excluding carboxylic acids is 1. The Morgan fingerprint density at radius 1 is 1.43 bits per heavy atom. The van der Waals surface area contributed by atoms with Gasteiger partial charge < -0.3 is 10.8 Å². The molecule has 2 rings (SSSR count). The summed E-state index contributed by atoms with van der Waals surface area (Å²) >= 11 is 0. The van der Waals surface area contributed by atoms with E-state index in [1.165, 1.54) is 12.2 Å². The summed E-state index contributed by atoms with van der Waals surface area (Å²) in [6, 6.07) is 0. The smallest absolute Gasteiger partial charge is 0.205 e. The second-order valence-corrected chi connectivity index (χ2v) is 3.13. The van der Waals surface area contributed by atoms with Crippen LogP contribution in [0.2, 0.25) is 0 Å². The zero-order chi connectivity index (χ0) is 10.1. The van der Waals surface area contributed by atoms with Gasteiger partial charge in [-0.1, -0.05) is 0 Å². The lowest BCUT2D eigenvalue weighted by Crippen LogP contribution is -2.18. The molecule has 72 valence electrons. The number of aliphatic hydroxyl groups is 1. The highest BCUT2D eigenvalue weighted by molar-refractivity contribution is 6.52. The molecule has 2 aliphatic rings. The Labute approximate surface area is 81.1 Å². The van der Waals surface area contributed by atoms with Gasteiger partial charge in [-0.25, -0.2) is 0 Å². The van der Waals surface area contributed by atoms with Crippen LogP contribution in [-0.4, -0.2) is 23.1 Å². The van der Waals surface area contributed by atoms with E-state index in [-0.39, 0.29) is 11.5 Å². The van der Waals surface area contributed by atoms with Gasteiger partial charge >= 0.3 is 0 Å². The quantitative estimate of drug-likeness (QED) is 0.627. The van der Waals surface area contributed by atoms with E-state index in [9.17, 15) is 9.90 Å². The minimum absolute atomic E-state index is 0.0977. The molecule has 0 spiro atoms.